The number of aliphatic hydroxyl groups is 1. The molecule has 0 spiro atoms. The number of nitrogens with one attached hydrogen (secondary N) is 1. The number of hydrogen-bond donors (Lipinski definition) is 2. The van der Waals surface area contributed by atoms with E-state index in [1.54, 1.807) is 10.7 Å². The minimum Gasteiger partial charge on any atom is -0.396 e. The SMILES string of the molecule is Cc1ccc(-n2nc(C(=O)NCC(C)CCO)c3c2CCC3)c(F)c1. The summed E-state index contributed by atoms with van der Waals surface area (Å²) >= 11 is 0. The van der Waals surface area contributed by atoms with Crippen molar-refractivity contribution in [1.82, 2.24) is 15.1 Å². The normalized spacial score (nSPS) is 14.4. The average Bonchev–Trinajstić information content (AvgIpc) is 3.16. The van der Waals surface area contributed by atoms with Crippen LogP contribution < -0.4 is 5.32 Å². The molecule has 0 saturated heterocycles. The molecule has 1 aliphatic rings. The third-order valence-corrected chi connectivity index (χ3v) is 4.71. The van der Waals surface area contributed by atoms with Gasteiger partial charge >= 0.3 is 0 Å². The summed E-state index contributed by atoms with van der Waals surface area (Å²) in [6.45, 7) is 4.40. The summed E-state index contributed by atoms with van der Waals surface area (Å²) in [5.41, 5.74) is 3.48. The van der Waals surface area contributed by atoms with Crippen LogP contribution in [0.3, 0.4) is 0 Å². The lowest BCUT2D eigenvalue weighted by Crippen LogP contribution is -2.29. The molecule has 1 aromatic carbocycles. The van der Waals surface area contributed by atoms with Gasteiger partial charge in [-0.25, -0.2) is 9.07 Å². The van der Waals surface area contributed by atoms with E-state index in [9.17, 15) is 9.18 Å². The highest BCUT2D eigenvalue weighted by atomic mass is 19.1. The van der Waals surface area contributed by atoms with Gasteiger partial charge in [-0.2, -0.15) is 5.10 Å². The number of fused-ring (bicyclic) bond motifs is 1. The standard InChI is InChI=1S/C19H24FN3O2/c1-12-6-7-17(15(20)10-12)23-16-5-3-4-14(16)18(22-23)19(25)21-11-13(2)8-9-24/h6-7,10,13,24H,3-5,8-9,11H2,1-2H3,(H,21,25). The van der Waals surface area contributed by atoms with Crippen LogP contribution in [0.1, 0.15) is 47.1 Å². The van der Waals surface area contributed by atoms with Crippen molar-refractivity contribution in [2.24, 2.45) is 5.92 Å². The van der Waals surface area contributed by atoms with Gasteiger partial charge in [0.25, 0.3) is 5.91 Å². The Morgan fingerprint density at radius 3 is 2.96 bits per heavy atom. The van der Waals surface area contributed by atoms with Crippen molar-refractivity contribution in [2.75, 3.05) is 13.2 Å². The molecule has 1 aromatic heterocycles. The van der Waals surface area contributed by atoms with Crippen molar-refractivity contribution in [3.8, 4) is 5.69 Å². The summed E-state index contributed by atoms with van der Waals surface area (Å²) in [4.78, 5) is 12.6. The minimum absolute atomic E-state index is 0.105. The van der Waals surface area contributed by atoms with Crippen LogP contribution in [0.4, 0.5) is 4.39 Å². The van der Waals surface area contributed by atoms with E-state index in [-0.39, 0.29) is 24.2 Å². The Kier molecular flexibility index (Phi) is 5.18. The predicted octanol–water partition coefficient (Wildman–Crippen LogP) is 2.56. The second-order valence-corrected chi connectivity index (χ2v) is 6.82. The van der Waals surface area contributed by atoms with Crippen molar-refractivity contribution >= 4 is 5.91 Å². The molecule has 0 radical (unpaired) electrons. The summed E-state index contributed by atoms with van der Waals surface area (Å²) in [5, 5.41) is 16.3. The molecule has 1 unspecified atom stereocenters. The van der Waals surface area contributed by atoms with E-state index in [0.29, 0.717) is 24.3 Å². The number of carbonyl (C=O) groups excluding carboxylic acids is 1. The second-order valence-electron chi connectivity index (χ2n) is 6.82. The molecule has 0 saturated carbocycles. The van der Waals surface area contributed by atoms with Gasteiger partial charge in [0.05, 0.1) is 0 Å². The Morgan fingerprint density at radius 1 is 1.44 bits per heavy atom. The van der Waals surface area contributed by atoms with E-state index in [1.165, 1.54) is 6.07 Å². The Hall–Kier alpha value is -2.21. The maximum Gasteiger partial charge on any atom is 0.272 e. The summed E-state index contributed by atoms with van der Waals surface area (Å²) < 4.78 is 16.0. The largest absolute Gasteiger partial charge is 0.396 e. The van der Waals surface area contributed by atoms with Gasteiger partial charge in [-0.3, -0.25) is 4.79 Å². The van der Waals surface area contributed by atoms with Gasteiger partial charge in [-0.05, 0) is 56.2 Å². The van der Waals surface area contributed by atoms with Crippen molar-refractivity contribution < 1.29 is 14.3 Å². The fraction of sp³-hybridized carbons (Fsp3) is 0.474. The van der Waals surface area contributed by atoms with E-state index >= 15 is 0 Å². The molecule has 1 aliphatic carbocycles. The third kappa shape index (κ3) is 3.58. The van der Waals surface area contributed by atoms with Crippen LogP contribution >= 0.6 is 0 Å². The van der Waals surface area contributed by atoms with Gasteiger partial charge in [0.2, 0.25) is 0 Å². The van der Waals surface area contributed by atoms with Crippen molar-refractivity contribution in [2.45, 2.75) is 39.5 Å². The van der Waals surface area contributed by atoms with Gasteiger partial charge in [0.1, 0.15) is 11.5 Å². The molecular weight excluding hydrogens is 321 g/mol. The number of carbonyl (C=O) groups is 1. The smallest absolute Gasteiger partial charge is 0.272 e. The zero-order chi connectivity index (χ0) is 18.0. The van der Waals surface area contributed by atoms with Crippen LogP contribution in [-0.2, 0) is 12.8 Å². The van der Waals surface area contributed by atoms with E-state index in [1.807, 2.05) is 19.9 Å². The van der Waals surface area contributed by atoms with Gasteiger partial charge in [-0.15, -0.1) is 0 Å². The Morgan fingerprint density at radius 2 is 2.24 bits per heavy atom. The quantitative estimate of drug-likeness (QED) is 0.845. The van der Waals surface area contributed by atoms with E-state index in [2.05, 4.69) is 10.4 Å². The van der Waals surface area contributed by atoms with E-state index in [0.717, 1.165) is 36.1 Å². The van der Waals surface area contributed by atoms with Crippen molar-refractivity contribution in [3.63, 3.8) is 0 Å². The lowest BCUT2D eigenvalue weighted by Gasteiger charge is -2.10. The molecule has 1 heterocycles. The van der Waals surface area contributed by atoms with Gasteiger partial charge < -0.3 is 10.4 Å². The summed E-state index contributed by atoms with van der Waals surface area (Å²) in [5.74, 6) is -0.367. The number of aliphatic hydroxyl groups excluding tert-OH is 1. The topological polar surface area (TPSA) is 67.2 Å². The molecule has 6 heteroatoms. The monoisotopic (exact) mass is 345 g/mol. The van der Waals surface area contributed by atoms with Crippen molar-refractivity contribution in [3.05, 3.63) is 46.5 Å². The zero-order valence-electron chi connectivity index (χ0n) is 14.7. The molecule has 3 rings (SSSR count). The number of halogens is 1. The van der Waals surface area contributed by atoms with Crippen LogP contribution in [-0.4, -0.2) is 33.9 Å². The molecule has 1 amide bonds. The van der Waals surface area contributed by atoms with Gasteiger partial charge in [0.15, 0.2) is 5.69 Å². The van der Waals surface area contributed by atoms with Crippen LogP contribution in [0.15, 0.2) is 18.2 Å². The lowest BCUT2D eigenvalue weighted by atomic mass is 10.1. The van der Waals surface area contributed by atoms with Crippen LogP contribution in [0.25, 0.3) is 5.69 Å². The number of hydrogen-bond acceptors (Lipinski definition) is 3. The zero-order valence-corrected chi connectivity index (χ0v) is 14.7. The Bertz CT molecular complexity index is 785. The number of aromatic nitrogens is 2. The molecule has 0 bridgehead atoms. The number of aryl methyl sites for hydroxylation is 1. The molecule has 0 fully saturated rings. The number of rotatable bonds is 6. The lowest BCUT2D eigenvalue weighted by molar-refractivity contribution is 0.0939. The Labute approximate surface area is 146 Å². The Balaban J connectivity index is 1.88. The third-order valence-electron chi connectivity index (χ3n) is 4.71. The van der Waals surface area contributed by atoms with Crippen LogP contribution in [0.5, 0.6) is 0 Å². The maximum absolute atomic E-state index is 14.4. The average molecular weight is 345 g/mol. The summed E-state index contributed by atoms with van der Waals surface area (Å²) in [6.07, 6.45) is 3.17. The van der Waals surface area contributed by atoms with Crippen LogP contribution in [0, 0.1) is 18.7 Å². The molecule has 0 aliphatic heterocycles. The molecule has 1 atom stereocenters. The first kappa shape index (κ1) is 17.6. The van der Waals surface area contributed by atoms with E-state index in [4.69, 9.17) is 5.11 Å². The van der Waals surface area contributed by atoms with Gasteiger partial charge in [0, 0.05) is 24.4 Å². The summed E-state index contributed by atoms with van der Waals surface area (Å²) in [7, 11) is 0. The highest BCUT2D eigenvalue weighted by Crippen LogP contribution is 2.29. The molecule has 5 nitrogen and oxygen atoms in total. The fourth-order valence-electron chi connectivity index (χ4n) is 3.28. The number of amides is 1. The molecule has 134 valence electrons. The van der Waals surface area contributed by atoms with Crippen LogP contribution in [0.2, 0.25) is 0 Å². The van der Waals surface area contributed by atoms with Crippen molar-refractivity contribution in [1.29, 1.82) is 0 Å². The predicted molar refractivity (Wildman–Crippen MR) is 93.5 cm³/mol. The molecule has 2 N–H and O–H groups in total. The van der Waals surface area contributed by atoms with E-state index < -0.39 is 0 Å². The molecular formula is C19H24FN3O2. The first-order valence-corrected chi connectivity index (χ1v) is 8.77. The fourth-order valence-corrected chi connectivity index (χ4v) is 3.28. The number of nitrogens with zero attached hydrogens (tertiary/aromatic N) is 2. The first-order chi connectivity index (χ1) is 12.0. The molecule has 25 heavy (non-hydrogen) atoms. The number of benzene rings is 1. The van der Waals surface area contributed by atoms with Gasteiger partial charge in [-0.1, -0.05) is 13.0 Å². The highest BCUT2D eigenvalue weighted by molar-refractivity contribution is 5.94. The molecule has 2 aromatic rings. The highest BCUT2D eigenvalue weighted by Gasteiger charge is 2.27. The maximum atomic E-state index is 14.4. The minimum atomic E-state index is -0.333. The first-order valence-electron chi connectivity index (χ1n) is 8.77. The summed E-state index contributed by atoms with van der Waals surface area (Å²) in [6, 6.07) is 5.04. The second kappa shape index (κ2) is 7.35.